The molecule has 0 unspecified atom stereocenters. The van der Waals surface area contributed by atoms with Crippen LogP contribution in [-0.4, -0.2) is 30.5 Å². The molecule has 0 aromatic heterocycles. The second kappa shape index (κ2) is 8.98. The maximum absolute atomic E-state index is 12.1. The monoisotopic (exact) mass is 335 g/mol. The van der Waals surface area contributed by atoms with Gasteiger partial charge in [-0.3, -0.25) is 10.2 Å². The molecule has 0 aliphatic rings. The number of hydrogen-bond donors (Lipinski definition) is 5. The van der Waals surface area contributed by atoms with Gasteiger partial charge in [-0.25, -0.2) is 15.2 Å². The molecule has 130 valence electrons. The van der Waals surface area contributed by atoms with Gasteiger partial charge in [0, 0.05) is 0 Å². The molecule has 2 amide bonds. The summed E-state index contributed by atoms with van der Waals surface area (Å²) in [5.74, 6) is -0.888. The first-order valence-electron chi connectivity index (χ1n) is 7.05. The van der Waals surface area contributed by atoms with Crippen LogP contribution in [0.1, 0.15) is 24.2 Å². The molecule has 1 aromatic rings. The van der Waals surface area contributed by atoms with Crippen LogP contribution in [-0.2, 0) is 4.74 Å². The van der Waals surface area contributed by atoms with Crippen LogP contribution < -0.4 is 28.1 Å². The first kappa shape index (κ1) is 18.7. The molecular formula is C14H21N7O3. The molecule has 0 saturated heterocycles. The Labute approximate surface area is 139 Å². The maximum atomic E-state index is 12.1. The molecule has 0 fully saturated rings. The summed E-state index contributed by atoms with van der Waals surface area (Å²) in [5.41, 5.74) is 20.7. The number of carbonyl (C=O) groups is 2. The van der Waals surface area contributed by atoms with Crippen molar-refractivity contribution in [2.45, 2.75) is 13.8 Å². The van der Waals surface area contributed by atoms with Crippen molar-refractivity contribution < 1.29 is 14.3 Å². The number of nitrogens with two attached hydrogens (primary N) is 3. The van der Waals surface area contributed by atoms with Crippen molar-refractivity contribution in [3.8, 4) is 0 Å². The highest BCUT2D eigenvalue weighted by molar-refractivity contribution is 6.01. The zero-order chi connectivity index (χ0) is 18.1. The second-order valence-corrected chi connectivity index (χ2v) is 5.10. The average Bonchev–Trinajstić information content (AvgIpc) is 2.50. The minimum Gasteiger partial charge on any atom is -0.448 e. The van der Waals surface area contributed by atoms with Gasteiger partial charge in [0.05, 0.1) is 17.9 Å². The van der Waals surface area contributed by atoms with Crippen LogP contribution in [0.3, 0.4) is 0 Å². The molecule has 0 spiro atoms. The summed E-state index contributed by atoms with van der Waals surface area (Å²) in [5, 5.41) is 0. The fourth-order valence-electron chi connectivity index (χ4n) is 1.50. The fraction of sp³-hybridized carbons (Fsp3) is 0.286. The molecule has 0 aliphatic heterocycles. The molecule has 24 heavy (non-hydrogen) atoms. The number of hydrogen-bond acceptors (Lipinski definition) is 4. The molecule has 0 radical (unpaired) electrons. The number of rotatable bonds is 4. The van der Waals surface area contributed by atoms with E-state index < -0.39 is 12.0 Å². The number of nitrogens with one attached hydrogen (secondary N) is 2. The van der Waals surface area contributed by atoms with E-state index >= 15 is 0 Å². The Morgan fingerprint density at radius 1 is 1.17 bits per heavy atom. The first-order valence-corrected chi connectivity index (χ1v) is 7.05. The average molecular weight is 335 g/mol. The summed E-state index contributed by atoms with van der Waals surface area (Å²) < 4.78 is 4.87. The van der Waals surface area contributed by atoms with Crippen molar-refractivity contribution in [3.63, 3.8) is 0 Å². The molecular weight excluding hydrogens is 314 g/mol. The van der Waals surface area contributed by atoms with Crippen LogP contribution in [0, 0.1) is 5.92 Å². The van der Waals surface area contributed by atoms with E-state index in [1.807, 2.05) is 13.8 Å². The number of aliphatic imine (C=N–C) groups is 2. The van der Waals surface area contributed by atoms with Gasteiger partial charge < -0.3 is 21.9 Å². The van der Waals surface area contributed by atoms with Crippen LogP contribution in [0.5, 0.6) is 0 Å². The highest BCUT2D eigenvalue weighted by Gasteiger charge is 2.12. The van der Waals surface area contributed by atoms with Gasteiger partial charge in [-0.15, -0.1) is 0 Å². The van der Waals surface area contributed by atoms with Crippen LogP contribution in [0.15, 0.2) is 34.3 Å². The SMILES string of the molecule is CC(C)COC(=O)NNC(=O)c1ccccc1N=C(N)N=C(N)N. The Hall–Kier alpha value is -3.30. The highest BCUT2D eigenvalue weighted by Crippen LogP contribution is 2.18. The Bertz CT molecular complexity index is 652. The molecule has 10 nitrogen and oxygen atoms in total. The summed E-state index contributed by atoms with van der Waals surface area (Å²) in [4.78, 5) is 31.1. The number of guanidine groups is 2. The summed E-state index contributed by atoms with van der Waals surface area (Å²) in [6, 6.07) is 6.32. The number of ether oxygens (including phenoxy) is 1. The molecule has 1 aromatic carbocycles. The first-order chi connectivity index (χ1) is 11.3. The lowest BCUT2D eigenvalue weighted by Gasteiger charge is -2.10. The third-order valence-corrected chi connectivity index (χ3v) is 2.45. The lowest BCUT2D eigenvalue weighted by molar-refractivity contribution is 0.0901. The molecule has 0 atom stereocenters. The summed E-state index contributed by atoms with van der Waals surface area (Å²) in [6.07, 6.45) is -0.766. The van der Waals surface area contributed by atoms with E-state index in [-0.39, 0.29) is 35.7 Å². The minimum atomic E-state index is -0.766. The highest BCUT2D eigenvalue weighted by atomic mass is 16.6. The van der Waals surface area contributed by atoms with E-state index in [2.05, 4.69) is 20.8 Å². The van der Waals surface area contributed by atoms with Gasteiger partial charge >= 0.3 is 6.09 Å². The van der Waals surface area contributed by atoms with E-state index in [0.717, 1.165) is 0 Å². The zero-order valence-corrected chi connectivity index (χ0v) is 13.4. The van der Waals surface area contributed by atoms with Crippen molar-refractivity contribution in [3.05, 3.63) is 29.8 Å². The maximum Gasteiger partial charge on any atom is 0.426 e. The molecule has 8 N–H and O–H groups in total. The summed E-state index contributed by atoms with van der Waals surface area (Å²) in [6.45, 7) is 4.01. The Balaban J connectivity index is 2.78. The van der Waals surface area contributed by atoms with Crippen LogP contribution in [0.4, 0.5) is 10.5 Å². The zero-order valence-electron chi connectivity index (χ0n) is 13.4. The lowest BCUT2D eigenvalue weighted by atomic mass is 10.2. The largest absolute Gasteiger partial charge is 0.448 e. The van der Waals surface area contributed by atoms with E-state index in [1.165, 1.54) is 6.07 Å². The van der Waals surface area contributed by atoms with E-state index in [9.17, 15) is 9.59 Å². The van der Waals surface area contributed by atoms with Crippen molar-refractivity contribution in [2.75, 3.05) is 6.61 Å². The lowest BCUT2D eigenvalue weighted by Crippen LogP contribution is -2.42. The smallest absolute Gasteiger partial charge is 0.426 e. The number of benzene rings is 1. The number of carbonyl (C=O) groups excluding carboxylic acids is 2. The van der Waals surface area contributed by atoms with Gasteiger partial charge in [0.25, 0.3) is 5.91 Å². The molecule has 0 aliphatic carbocycles. The van der Waals surface area contributed by atoms with Crippen LogP contribution in [0.25, 0.3) is 0 Å². The Morgan fingerprint density at radius 3 is 2.46 bits per heavy atom. The Morgan fingerprint density at radius 2 is 1.83 bits per heavy atom. The number of amides is 2. The second-order valence-electron chi connectivity index (χ2n) is 5.10. The molecule has 0 heterocycles. The number of para-hydroxylation sites is 1. The normalized spacial score (nSPS) is 10.9. The van der Waals surface area contributed by atoms with Crippen molar-refractivity contribution in [1.29, 1.82) is 0 Å². The standard InChI is InChI=1S/C14H21N7O3/c1-8(2)7-24-14(23)21-20-11(22)9-5-3-4-6-10(9)18-13(17)19-12(15)16/h3-6,8H,7H2,1-2H3,(H,20,22)(H,21,23)(H6,15,16,17,18,19). The summed E-state index contributed by atoms with van der Waals surface area (Å²) >= 11 is 0. The third kappa shape index (κ3) is 6.64. The minimum absolute atomic E-state index is 0.162. The van der Waals surface area contributed by atoms with Crippen molar-refractivity contribution in [1.82, 2.24) is 10.9 Å². The molecule has 1 rings (SSSR count). The van der Waals surface area contributed by atoms with Gasteiger partial charge in [0.2, 0.25) is 5.96 Å². The summed E-state index contributed by atoms with van der Waals surface area (Å²) in [7, 11) is 0. The van der Waals surface area contributed by atoms with Crippen LogP contribution in [0.2, 0.25) is 0 Å². The van der Waals surface area contributed by atoms with E-state index in [0.29, 0.717) is 0 Å². The quantitative estimate of drug-likeness (QED) is 0.293. The van der Waals surface area contributed by atoms with Gasteiger partial charge in [0.15, 0.2) is 5.96 Å². The third-order valence-electron chi connectivity index (χ3n) is 2.45. The van der Waals surface area contributed by atoms with Gasteiger partial charge in [-0.2, -0.15) is 4.99 Å². The van der Waals surface area contributed by atoms with Gasteiger partial charge in [0.1, 0.15) is 0 Å². The predicted molar refractivity (Wildman–Crippen MR) is 90.3 cm³/mol. The van der Waals surface area contributed by atoms with E-state index in [4.69, 9.17) is 21.9 Å². The van der Waals surface area contributed by atoms with Gasteiger partial charge in [-0.1, -0.05) is 26.0 Å². The van der Waals surface area contributed by atoms with Crippen LogP contribution >= 0.6 is 0 Å². The number of nitrogens with zero attached hydrogens (tertiary/aromatic N) is 2. The molecule has 0 saturated carbocycles. The molecule has 0 bridgehead atoms. The molecule has 10 heteroatoms. The number of hydrazine groups is 1. The van der Waals surface area contributed by atoms with Crippen molar-refractivity contribution >= 4 is 29.6 Å². The topological polar surface area (TPSA) is 170 Å². The predicted octanol–water partition coefficient (Wildman–Crippen LogP) is -0.0668. The van der Waals surface area contributed by atoms with Gasteiger partial charge in [-0.05, 0) is 18.1 Å². The Kier molecular flexibility index (Phi) is 7.01. The van der Waals surface area contributed by atoms with Crippen molar-refractivity contribution in [2.24, 2.45) is 33.1 Å². The van der Waals surface area contributed by atoms with E-state index in [1.54, 1.807) is 18.2 Å². The fourth-order valence-corrected chi connectivity index (χ4v) is 1.50.